The Balaban J connectivity index is 1.19. The van der Waals surface area contributed by atoms with E-state index >= 15 is 0 Å². The highest BCUT2D eigenvalue weighted by Crippen LogP contribution is 2.75. The van der Waals surface area contributed by atoms with Crippen molar-refractivity contribution in [2.75, 3.05) is 6.61 Å². The molecule has 7 nitrogen and oxygen atoms in total. The summed E-state index contributed by atoms with van der Waals surface area (Å²) < 4.78 is 5.79. The molecule has 1 aliphatic heterocycles. The van der Waals surface area contributed by atoms with E-state index < -0.39 is 6.23 Å². The molecular weight excluding hydrogens is 366 g/mol. The van der Waals surface area contributed by atoms with Gasteiger partial charge in [-0.15, -0.1) is 0 Å². The van der Waals surface area contributed by atoms with E-state index in [1.54, 1.807) is 0 Å². The smallest absolute Gasteiger partial charge is 0.232 e. The first kappa shape index (κ1) is 18.1. The Morgan fingerprint density at radius 3 is 2.66 bits per heavy atom. The van der Waals surface area contributed by atoms with E-state index in [2.05, 4.69) is 46.3 Å². The molecule has 0 radical (unpaired) electrons. The summed E-state index contributed by atoms with van der Waals surface area (Å²) in [7, 11) is 0. The largest absolute Gasteiger partial charge is 0.476 e. The molecule has 6 rings (SSSR count). The summed E-state index contributed by atoms with van der Waals surface area (Å²) in [5.41, 5.74) is 2.72. The van der Waals surface area contributed by atoms with Crippen LogP contribution in [0.15, 0.2) is 41.8 Å². The van der Waals surface area contributed by atoms with Crippen molar-refractivity contribution < 1.29 is 9.84 Å². The molecule has 3 aliphatic carbocycles. The molecule has 1 aromatic carbocycles. The Kier molecular flexibility index (Phi) is 4.07. The van der Waals surface area contributed by atoms with Crippen LogP contribution in [-0.4, -0.2) is 39.1 Å². The van der Waals surface area contributed by atoms with Gasteiger partial charge in [0, 0.05) is 23.5 Å². The van der Waals surface area contributed by atoms with Gasteiger partial charge in [0.1, 0.15) is 12.3 Å². The normalized spacial score (nSPS) is 30.2. The molecule has 29 heavy (non-hydrogen) atoms. The van der Waals surface area contributed by atoms with Gasteiger partial charge in [0.2, 0.25) is 5.88 Å². The molecule has 4 aliphatic rings. The molecule has 0 spiro atoms. The van der Waals surface area contributed by atoms with Crippen molar-refractivity contribution in [3.63, 3.8) is 0 Å². The number of ether oxygens (including phenoxy) is 1. The number of rotatable bonds is 6. The van der Waals surface area contributed by atoms with E-state index in [0.29, 0.717) is 12.5 Å². The second kappa shape index (κ2) is 6.53. The van der Waals surface area contributed by atoms with Gasteiger partial charge in [-0.05, 0) is 31.7 Å². The van der Waals surface area contributed by atoms with Crippen LogP contribution in [0.5, 0.6) is 5.88 Å². The third-order valence-corrected chi connectivity index (χ3v) is 6.57. The second-order valence-corrected chi connectivity index (χ2v) is 8.75. The topological polar surface area (TPSA) is 94.6 Å². The number of hydrogen-bond donors (Lipinski definition) is 1. The van der Waals surface area contributed by atoms with Gasteiger partial charge in [-0.3, -0.25) is 5.01 Å². The molecule has 2 heterocycles. The molecule has 3 fully saturated rings. The number of nitrogens with zero attached hydrogens (tertiary/aromatic N) is 5. The molecule has 1 N–H and O–H groups in total. The van der Waals surface area contributed by atoms with E-state index in [9.17, 15) is 5.11 Å². The van der Waals surface area contributed by atoms with Crippen LogP contribution >= 0.6 is 0 Å². The van der Waals surface area contributed by atoms with Gasteiger partial charge in [-0.25, -0.2) is 9.97 Å². The zero-order valence-corrected chi connectivity index (χ0v) is 16.3. The monoisotopic (exact) mass is 389 g/mol. The molecule has 2 atom stereocenters. The highest BCUT2D eigenvalue weighted by molar-refractivity contribution is 5.61. The zero-order chi connectivity index (χ0) is 20.1. The third kappa shape index (κ3) is 2.95. The molecule has 0 saturated heterocycles. The molecule has 1 aromatic heterocycles. The minimum absolute atomic E-state index is 0.0929. The lowest BCUT2D eigenvalue weighted by Crippen LogP contribution is -2.71. The van der Waals surface area contributed by atoms with Gasteiger partial charge < -0.3 is 9.84 Å². The fourth-order valence-corrected chi connectivity index (χ4v) is 5.21. The average molecular weight is 389 g/mol. The molecule has 2 bridgehead atoms. The molecule has 0 amide bonds. The molecule has 7 heteroatoms. The molecule has 2 unspecified atom stereocenters. The Morgan fingerprint density at radius 1 is 1.24 bits per heavy atom. The van der Waals surface area contributed by atoms with Gasteiger partial charge in [0.15, 0.2) is 5.69 Å². The molecule has 148 valence electrons. The SMILES string of the molecule is Cc1ccc(C2CC=NN2C(O)C23CC(COc4cnc(C#N)cn4)(C2)C3)cc1. The Bertz CT molecular complexity index is 960. The fourth-order valence-electron chi connectivity index (χ4n) is 5.21. The summed E-state index contributed by atoms with van der Waals surface area (Å²) in [5.74, 6) is 0.437. The van der Waals surface area contributed by atoms with Crippen LogP contribution in [0.2, 0.25) is 0 Å². The van der Waals surface area contributed by atoms with Gasteiger partial charge in [0.25, 0.3) is 0 Å². The lowest BCUT2D eigenvalue weighted by atomic mass is 9.34. The van der Waals surface area contributed by atoms with Crippen LogP contribution in [-0.2, 0) is 0 Å². The van der Waals surface area contributed by atoms with Crippen LogP contribution in [0.3, 0.4) is 0 Å². The van der Waals surface area contributed by atoms with E-state index in [4.69, 9.17) is 10.00 Å². The maximum absolute atomic E-state index is 11.1. The summed E-state index contributed by atoms with van der Waals surface area (Å²) >= 11 is 0. The number of hydrogen-bond acceptors (Lipinski definition) is 7. The third-order valence-electron chi connectivity index (χ3n) is 6.57. The van der Waals surface area contributed by atoms with Crippen LogP contribution in [0.25, 0.3) is 0 Å². The predicted molar refractivity (Wildman–Crippen MR) is 106 cm³/mol. The predicted octanol–water partition coefficient (Wildman–Crippen LogP) is 2.96. The first-order valence-electron chi connectivity index (χ1n) is 9.93. The van der Waals surface area contributed by atoms with E-state index in [-0.39, 0.29) is 22.6 Å². The highest BCUT2D eigenvalue weighted by atomic mass is 16.5. The lowest BCUT2D eigenvalue weighted by molar-refractivity contribution is -0.299. The number of aryl methyl sites for hydroxylation is 1. The number of benzene rings is 1. The second-order valence-electron chi connectivity index (χ2n) is 8.75. The van der Waals surface area contributed by atoms with Crippen molar-refractivity contribution in [3.05, 3.63) is 53.5 Å². The van der Waals surface area contributed by atoms with Crippen LogP contribution in [0, 0.1) is 29.1 Å². The minimum Gasteiger partial charge on any atom is -0.476 e. The van der Waals surface area contributed by atoms with Gasteiger partial charge in [0.05, 0.1) is 25.0 Å². The van der Waals surface area contributed by atoms with Crippen LogP contribution < -0.4 is 4.74 Å². The number of aliphatic hydroxyl groups is 1. The number of aromatic nitrogens is 2. The summed E-state index contributed by atoms with van der Waals surface area (Å²) in [6.07, 6.45) is 7.83. The Hall–Kier alpha value is -2.98. The summed E-state index contributed by atoms with van der Waals surface area (Å²) in [4.78, 5) is 8.09. The molecule has 3 saturated carbocycles. The fraction of sp³-hybridized carbons (Fsp3) is 0.455. The van der Waals surface area contributed by atoms with Gasteiger partial charge >= 0.3 is 0 Å². The molecular formula is C22H23N5O2. The van der Waals surface area contributed by atoms with Crippen molar-refractivity contribution in [1.29, 1.82) is 5.26 Å². The van der Waals surface area contributed by atoms with E-state index in [0.717, 1.165) is 25.7 Å². The van der Waals surface area contributed by atoms with Crippen molar-refractivity contribution >= 4 is 6.21 Å². The van der Waals surface area contributed by atoms with Crippen LogP contribution in [0.4, 0.5) is 0 Å². The van der Waals surface area contributed by atoms with Crippen molar-refractivity contribution in [1.82, 2.24) is 15.0 Å². The Morgan fingerprint density at radius 2 is 2.00 bits per heavy atom. The first-order valence-corrected chi connectivity index (χ1v) is 9.93. The van der Waals surface area contributed by atoms with Gasteiger partial charge in [-0.1, -0.05) is 29.8 Å². The lowest BCUT2D eigenvalue weighted by Gasteiger charge is -2.72. The minimum atomic E-state index is -0.580. The van der Waals surface area contributed by atoms with Crippen molar-refractivity contribution in [2.45, 2.75) is 44.9 Å². The quantitative estimate of drug-likeness (QED) is 0.816. The van der Waals surface area contributed by atoms with Crippen LogP contribution in [0.1, 0.15) is 48.5 Å². The first-order chi connectivity index (χ1) is 14.0. The maximum atomic E-state index is 11.1. The summed E-state index contributed by atoms with van der Waals surface area (Å²) in [6, 6.07) is 10.5. The van der Waals surface area contributed by atoms with Crippen molar-refractivity contribution in [2.24, 2.45) is 15.9 Å². The number of hydrazone groups is 1. The standard InChI is InChI=1S/C22H23N5O2/c1-15-2-4-16(5-3-15)18-6-7-26-27(18)20(28)22-11-21(12-22,13-22)14-29-19-10-24-17(8-23)9-25-19/h2-5,7,9-10,18,20,28H,6,11-14H2,1H3. The maximum Gasteiger partial charge on any atom is 0.232 e. The average Bonchev–Trinajstić information content (AvgIpc) is 3.16. The summed E-state index contributed by atoms with van der Waals surface area (Å²) in [6.45, 7) is 2.64. The Labute approximate surface area is 169 Å². The highest BCUT2D eigenvalue weighted by Gasteiger charge is 2.72. The number of nitriles is 1. The van der Waals surface area contributed by atoms with Crippen molar-refractivity contribution in [3.8, 4) is 11.9 Å². The van der Waals surface area contributed by atoms with E-state index in [1.165, 1.54) is 23.5 Å². The number of aliphatic hydroxyl groups excluding tert-OH is 1. The zero-order valence-electron chi connectivity index (χ0n) is 16.3. The van der Waals surface area contributed by atoms with E-state index in [1.807, 2.05) is 17.3 Å². The van der Waals surface area contributed by atoms with Gasteiger partial charge in [-0.2, -0.15) is 10.4 Å². The summed E-state index contributed by atoms with van der Waals surface area (Å²) in [5, 5.41) is 26.3. The molecule has 2 aromatic rings.